The van der Waals surface area contributed by atoms with Gasteiger partial charge in [0, 0.05) is 14.9 Å². The third-order valence-electron chi connectivity index (χ3n) is 2.75. The number of halogens is 3. The standard InChI is InChI=1S/C14H14Cl3NS/c1-2-7-18-14(12-5-6-13(17)19-12)10-8-9(15)3-4-11(10)16/h3-6,8,14,18H,2,7H2,1H3. The highest BCUT2D eigenvalue weighted by Gasteiger charge is 2.18. The maximum Gasteiger partial charge on any atom is 0.0931 e. The average molecular weight is 335 g/mol. The second-order valence-corrected chi connectivity index (χ2v) is 6.79. The first-order valence-corrected chi connectivity index (χ1v) is 8.00. The van der Waals surface area contributed by atoms with E-state index in [-0.39, 0.29) is 6.04 Å². The molecule has 0 bridgehead atoms. The number of hydrogen-bond donors (Lipinski definition) is 1. The second-order valence-electron chi connectivity index (χ2n) is 4.19. The molecule has 0 saturated carbocycles. The summed E-state index contributed by atoms with van der Waals surface area (Å²) in [5.41, 5.74) is 0.987. The van der Waals surface area contributed by atoms with Gasteiger partial charge < -0.3 is 5.32 Å². The molecular formula is C14H14Cl3NS. The molecule has 1 N–H and O–H groups in total. The summed E-state index contributed by atoms with van der Waals surface area (Å²) in [6, 6.07) is 9.49. The Morgan fingerprint density at radius 1 is 1.16 bits per heavy atom. The minimum atomic E-state index is 0.0312. The molecule has 2 rings (SSSR count). The van der Waals surface area contributed by atoms with Crippen molar-refractivity contribution in [1.29, 1.82) is 0 Å². The average Bonchev–Trinajstić information content (AvgIpc) is 2.80. The summed E-state index contributed by atoms with van der Waals surface area (Å²) < 4.78 is 0.774. The van der Waals surface area contributed by atoms with Crippen LogP contribution in [-0.4, -0.2) is 6.54 Å². The molecule has 19 heavy (non-hydrogen) atoms. The van der Waals surface area contributed by atoms with Crippen molar-refractivity contribution in [2.24, 2.45) is 0 Å². The Morgan fingerprint density at radius 2 is 1.95 bits per heavy atom. The molecule has 1 heterocycles. The predicted molar refractivity (Wildman–Crippen MR) is 85.9 cm³/mol. The minimum absolute atomic E-state index is 0.0312. The fourth-order valence-corrected chi connectivity index (χ4v) is 3.43. The second kappa shape index (κ2) is 6.96. The topological polar surface area (TPSA) is 12.0 Å². The van der Waals surface area contributed by atoms with Gasteiger partial charge in [0.2, 0.25) is 0 Å². The summed E-state index contributed by atoms with van der Waals surface area (Å²) >= 11 is 20.0. The largest absolute Gasteiger partial charge is 0.306 e. The number of rotatable bonds is 5. The molecule has 5 heteroatoms. The highest BCUT2D eigenvalue weighted by atomic mass is 35.5. The zero-order chi connectivity index (χ0) is 13.8. The maximum atomic E-state index is 6.30. The van der Waals surface area contributed by atoms with Crippen molar-refractivity contribution in [2.45, 2.75) is 19.4 Å². The fraction of sp³-hybridized carbons (Fsp3) is 0.286. The molecule has 1 aromatic heterocycles. The molecule has 102 valence electrons. The van der Waals surface area contributed by atoms with Crippen molar-refractivity contribution in [1.82, 2.24) is 5.32 Å². The third kappa shape index (κ3) is 3.87. The normalized spacial score (nSPS) is 12.6. The molecule has 0 aliphatic carbocycles. The van der Waals surface area contributed by atoms with Crippen molar-refractivity contribution in [3.63, 3.8) is 0 Å². The summed E-state index contributed by atoms with van der Waals surface area (Å²) in [6.45, 7) is 3.04. The first-order chi connectivity index (χ1) is 9.11. The SMILES string of the molecule is CCCNC(c1ccc(Cl)s1)c1cc(Cl)ccc1Cl. The molecule has 0 aliphatic heterocycles. The molecule has 0 spiro atoms. The van der Waals surface area contributed by atoms with E-state index in [2.05, 4.69) is 12.2 Å². The van der Waals surface area contributed by atoms with Gasteiger partial charge in [0.15, 0.2) is 0 Å². The minimum Gasteiger partial charge on any atom is -0.306 e. The molecule has 1 aromatic carbocycles. The van der Waals surface area contributed by atoms with Crippen LogP contribution in [0.1, 0.15) is 29.8 Å². The van der Waals surface area contributed by atoms with Crippen molar-refractivity contribution in [2.75, 3.05) is 6.54 Å². The zero-order valence-corrected chi connectivity index (χ0v) is 13.5. The van der Waals surface area contributed by atoms with E-state index in [1.54, 1.807) is 17.4 Å². The maximum absolute atomic E-state index is 6.30. The summed E-state index contributed by atoms with van der Waals surface area (Å²) in [5.74, 6) is 0. The smallest absolute Gasteiger partial charge is 0.0931 e. The molecule has 0 aliphatic rings. The van der Waals surface area contributed by atoms with E-state index in [4.69, 9.17) is 34.8 Å². The molecule has 2 aromatic rings. The Morgan fingerprint density at radius 3 is 2.58 bits per heavy atom. The Bertz CT molecular complexity index is 553. The quantitative estimate of drug-likeness (QED) is 0.729. The highest BCUT2D eigenvalue weighted by Crippen LogP contribution is 2.35. The molecule has 1 unspecified atom stereocenters. The van der Waals surface area contributed by atoms with Crippen molar-refractivity contribution >= 4 is 46.1 Å². The zero-order valence-electron chi connectivity index (χ0n) is 10.4. The lowest BCUT2D eigenvalue weighted by Crippen LogP contribution is -2.22. The number of thiophene rings is 1. The Hall–Kier alpha value is -0.250. The van der Waals surface area contributed by atoms with Gasteiger partial charge in [0.25, 0.3) is 0 Å². The van der Waals surface area contributed by atoms with E-state index in [0.29, 0.717) is 10.0 Å². The molecule has 0 saturated heterocycles. The lowest BCUT2D eigenvalue weighted by Gasteiger charge is -2.19. The van der Waals surface area contributed by atoms with Gasteiger partial charge in [-0.2, -0.15) is 0 Å². The van der Waals surface area contributed by atoms with Gasteiger partial charge in [-0.1, -0.05) is 41.7 Å². The van der Waals surface area contributed by atoms with Crippen LogP contribution in [0.3, 0.4) is 0 Å². The van der Waals surface area contributed by atoms with Crippen molar-refractivity contribution in [3.05, 3.63) is 55.2 Å². The summed E-state index contributed by atoms with van der Waals surface area (Å²) in [6.07, 6.45) is 1.05. The van der Waals surface area contributed by atoms with Crippen molar-refractivity contribution < 1.29 is 0 Å². The fourth-order valence-electron chi connectivity index (χ4n) is 1.87. The molecule has 1 nitrogen and oxygen atoms in total. The van der Waals surface area contributed by atoms with Crippen LogP contribution in [-0.2, 0) is 0 Å². The van der Waals surface area contributed by atoms with Gasteiger partial charge in [0.1, 0.15) is 0 Å². The van der Waals surface area contributed by atoms with E-state index < -0.39 is 0 Å². The molecule has 1 atom stereocenters. The first kappa shape index (κ1) is 15.1. The van der Waals surface area contributed by atoms with E-state index in [1.165, 1.54) is 0 Å². The van der Waals surface area contributed by atoms with Gasteiger partial charge in [0.05, 0.1) is 10.4 Å². The van der Waals surface area contributed by atoms with Gasteiger partial charge in [-0.15, -0.1) is 11.3 Å². The monoisotopic (exact) mass is 333 g/mol. The number of hydrogen-bond acceptors (Lipinski definition) is 2. The lowest BCUT2D eigenvalue weighted by atomic mass is 10.1. The van der Waals surface area contributed by atoms with Crippen LogP contribution < -0.4 is 5.32 Å². The van der Waals surface area contributed by atoms with Crippen LogP contribution in [0.5, 0.6) is 0 Å². The predicted octanol–water partition coefficient (Wildman–Crippen LogP) is 5.80. The molecular weight excluding hydrogens is 321 g/mol. The first-order valence-electron chi connectivity index (χ1n) is 6.05. The van der Waals surface area contributed by atoms with E-state index in [0.717, 1.165) is 27.7 Å². The van der Waals surface area contributed by atoms with E-state index in [9.17, 15) is 0 Å². The van der Waals surface area contributed by atoms with Crippen LogP contribution in [0.4, 0.5) is 0 Å². The van der Waals surface area contributed by atoms with Crippen LogP contribution in [0.2, 0.25) is 14.4 Å². The van der Waals surface area contributed by atoms with E-state index in [1.807, 2.05) is 24.3 Å². The van der Waals surface area contributed by atoms with Crippen LogP contribution in [0, 0.1) is 0 Å². The Kier molecular flexibility index (Phi) is 5.55. The molecule has 0 fully saturated rings. The van der Waals surface area contributed by atoms with Crippen LogP contribution >= 0.6 is 46.1 Å². The molecule has 0 amide bonds. The summed E-state index contributed by atoms with van der Waals surface area (Å²) in [7, 11) is 0. The van der Waals surface area contributed by atoms with Crippen molar-refractivity contribution in [3.8, 4) is 0 Å². The van der Waals surface area contributed by atoms with Gasteiger partial charge in [-0.05, 0) is 48.9 Å². The number of benzene rings is 1. The number of nitrogens with one attached hydrogen (secondary N) is 1. The summed E-state index contributed by atoms with van der Waals surface area (Å²) in [5, 5.41) is 4.89. The van der Waals surface area contributed by atoms with Crippen LogP contribution in [0.25, 0.3) is 0 Å². The van der Waals surface area contributed by atoms with Gasteiger partial charge in [-0.25, -0.2) is 0 Å². The van der Waals surface area contributed by atoms with Gasteiger partial charge in [-0.3, -0.25) is 0 Å². The van der Waals surface area contributed by atoms with Crippen LogP contribution in [0.15, 0.2) is 30.3 Å². The Balaban J connectivity index is 2.39. The van der Waals surface area contributed by atoms with Gasteiger partial charge >= 0.3 is 0 Å². The highest BCUT2D eigenvalue weighted by molar-refractivity contribution is 7.16. The molecule has 0 radical (unpaired) electrons. The summed E-state index contributed by atoms with van der Waals surface area (Å²) in [4.78, 5) is 1.14. The van der Waals surface area contributed by atoms with E-state index >= 15 is 0 Å². The Labute approximate surface area is 132 Å². The third-order valence-corrected chi connectivity index (χ3v) is 4.62. The lowest BCUT2D eigenvalue weighted by molar-refractivity contribution is 0.606.